The fraction of sp³-hybridized carbons (Fsp3) is 0.100. The smallest absolute Gasteiger partial charge is 0.269 e. The molecule has 0 saturated carbocycles. The molecule has 2 amide bonds. The number of aromatic amines is 1. The maximum atomic E-state index is 12.2. The highest BCUT2D eigenvalue weighted by Gasteiger charge is 2.08. The average Bonchev–Trinajstić information content (AvgIpc) is 3.34. The number of hydrogen-bond donors (Lipinski definition) is 3. The summed E-state index contributed by atoms with van der Waals surface area (Å²) in [4.78, 5) is 31.0. The Hall–Kier alpha value is -3.94. The highest BCUT2D eigenvalue weighted by molar-refractivity contribution is 5.91. The fourth-order valence-corrected chi connectivity index (χ4v) is 2.88. The number of aryl methyl sites for hydroxylation is 1. The number of nitrogens with zero attached hydrogens (tertiary/aromatic N) is 3. The molecule has 0 atom stereocenters. The Balaban J connectivity index is 1.35. The van der Waals surface area contributed by atoms with Crippen molar-refractivity contribution in [1.29, 1.82) is 0 Å². The summed E-state index contributed by atoms with van der Waals surface area (Å²) in [6.45, 7) is 0. The third-order valence-electron chi connectivity index (χ3n) is 4.28. The molecule has 2 heterocycles. The Morgan fingerprint density at radius 1 is 1.07 bits per heavy atom. The zero-order valence-corrected chi connectivity index (χ0v) is 14.9. The van der Waals surface area contributed by atoms with Crippen molar-refractivity contribution < 1.29 is 9.59 Å². The minimum atomic E-state index is -0.577. The van der Waals surface area contributed by atoms with Crippen LogP contribution in [-0.2, 0) is 11.2 Å². The number of carbonyl (C=O) groups is 2. The second-order valence-electron chi connectivity index (χ2n) is 6.31. The summed E-state index contributed by atoms with van der Waals surface area (Å²) in [5.41, 5.74) is 8.70. The van der Waals surface area contributed by atoms with Gasteiger partial charge < -0.3 is 16.0 Å². The van der Waals surface area contributed by atoms with Crippen LogP contribution in [0.1, 0.15) is 22.7 Å². The Bertz CT molecular complexity index is 1110. The van der Waals surface area contributed by atoms with E-state index < -0.39 is 5.91 Å². The number of aromatic nitrogens is 4. The van der Waals surface area contributed by atoms with E-state index in [2.05, 4.69) is 20.4 Å². The van der Waals surface area contributed by atoms with E-state index in [0.717, 1.165) is 22.5 Å². The summed E-state index contributed by atoms with van der Waals surface area (Å²) in [6.07, 6.45) is 2.51. The third-order valence-corrected chi connectivity index (χ3v) is 4.28. The lowest BCUT2D eigenvalue weighted by atomic mass is 10.2. The van der Waals surface area contributed by atoms with Crippen LogP contribution in [0.15, 0.2) is 60.8 Å². The van der Waals surface area contributed by atoms with Gasteiger partial charge in [0.15, 0.2) is 0 Å². The molecule has 0 spiro atoms. The van der Waals surface area contributed by atoms with Gasteiger partial charge in [-0.05, 0) is 42.5 Å². The van der Waals surface area contributed by atoms with Gasteiger partial charge in [-0.25, -0.2) is 9.67 Å². The van der Waals surface area contributed by atoms with Gasteiger partial charge in [-0.15, -0.1) is 0 Å². The van der Waals surface area contributed by atoms with Gasteiger partial charge in [0.05, 0.1) is 16.7 Å². The molecular formula is C20H18N6O2. The lowest BCUT2D eigenvalue weighted by molar-refractivity contribution is -0.116. The van der Waals surface area contributed by atoms with Gasteiger partial charge in [0.1, 0.15) is 11.5 Å². The molecule has 0 aliphatic heterocycles. The Labute approximate surface area is 160 Å². The zero-order valence-electron chi connectivity index (χ0n) is 14.9. The fourth-order valence-electron chi connectivity index (χ4n) is 2.88. The molecule has 2 aromatic carbocycles. The molecule has 0 aliphatic carbocycles. The van der Waals surface area contributed by atoms with Crippen molar-refractivity contribution in [1.82, 2.24) is 19.7 Å². The maximum Gasteiger partial charge on any atom is 0.269 e. The molecular weight excluding hydrogens is 356 g/mol. The molecule has 8 nitrogen and oxygen atoms in total. The number of H-pyrrole nitrogens is 1. The minimum absolute atomic E-state index is 0.0942. The van der Waals surface area contributed by atoms with Gasteiger partial charge in [-0.1, -0.05) is 12.1 Å². The van der Waals surface area contributed by atoms with Crippen molar-refractivity contribution >= 4 is 28.5 Å². The first kappa shape index (κ1) is 17.5. The van der Waals surface area contributed by atoms with Crippen molar-refractivity contribution in [2.45, 2.75) is 12.8 Å². The molecule has 2 aromatic heterocycles. The van der Waals surface area contributed by atoms with Crippen molar-refractivity contribution in [2.24, 2.45) is 5.73 Å². The normalized spacial score (nSPS) is 10.9. The largest absolute Gasteiger partial charge is 0.364 e. The lowest BCUT2D eigenvalue weighted by Crippen LogP contribution is -2.13. The lowest BCUT2D eigenvalue weighted by Gasteiger charge is -2.06. The SMILES string of the molecule is NC(=O)c1ccn(-c2ccc(NC(=O)CCc3nc4ccccc4[nH]3)cc2)n1. The number of amides is 2. The van der Waals surface area contributed by atoms with Gasteiger partial charge in [-0.3, -0.25) is 9.59 Å². The predicted molar refractivity (Wildman–Crippen MR) is 105 cm³/mol. The zero-order chi connectivity index (χ0) is 19.5. The molecule has 0 aliphatic rings. The van der Waals surface area contributed by atoms with E-state index in [1.807, 2.05) is 24.3 Å². The van der Waals surface area contributed by atoms with Gasteiger partial charge >= 0.3 is 0 Å². The van der Waals surface area contributed by atoms with Crippen LogP contribution in [0.5, 0.6) is 0 Å². The molecule has 4 rings (SSSR count). The summed E-state index contributed by atoms with van der Waals surface area (Å²) >= 11 is 0. The van der Waals surface area contributed by atoms with Crippen LogP contribution in [0.3, 0.4) is 0 Å². The molecule has 4 aromatic rings. The summed E-state index contributed by atoms with van der Waals surface area (Å²) in [7, 11) is 0. The van der Waals surface area contributed by atoms with Gasteiger partial charge in [0.25, 0.3) is 5.91 Å². The van der Waals surface area contributed by atoms with E-state index in [-0.39, 0.29) is 11.6 Å². The van der Waals surface area contributed by atoms with Crippen molar-refractivity contribution in [3.63, 3.8) is 0 Å². The Kier molecular flexibility index (Phi) is 4.59. The Morgan fingerprint density at radius 3 is 2.57 bits per heavy atom. The summed E-state index contributed by atoms with van der Waals surface area (Å²) in [5, 5.41) is 6.96. The monoisotopic (exact) mass is 374 g/mol. The van der Waals surface area contributed by atoms with E-state index in [1.165, 1.54) is 0 Å². The topological polar surface area (TPSA) is 119 Å². The standard InChI is InChI=1S/C20H18N6O2/c21-20(28)17-11-12-26(25-17)14-7-5-13(6-8-14)22-19(27)10-9-18-23-15-3-1-2-4-16(15)24-18/h1-8,11-12H,9-10H2,(H2,21,28)(H,22,27)(H,23,24). The molecule has 0 unspecified atom stereocenters. The summed E-state index contributed by atoms with van der Waals surface area (Å²) < 4.78 is 1.55. The number of fused-ring (bicyclic) bond motifs is 1. The number of nitrogens with one attached hydrogen (secondary N) is 2. The van der Waals surface area contributed by atoms with Crippen LogP contribution in [0, 0.1) is 0 Å². The number of rotatable bonds is 6. The van der Waals surface area contributed by atoms with Crippen LogP contribution in [-0.4, -0.2) is 31.6 Å². The highest BCUT2D eigenvalue weighted by Crippen LogP contribution is 2.15. The molecule has 0 bridgehead atoms. The number of carbonyl (C=O) groups excluding carboxylic acids is 2. The average molecular weight is 374 g/mol. The van der Waals surface area contributed by atoms with Crippen LogP contribution >= 0.6 is 0 Å². The Morgan fingerprint density at radius 2 is 1.86 bits per heavy atom. The number of imidazole rings is 1. The number of hydrogen-bond acceptors (Lipinski definition) is 4. The second-order valence-corrected chi connectivity index (χ2v) is 6.31. The number of primary amides is 1. The molecule has 28 heavy (non-hydrogen) atoms. The number of benzene rings is 2. The van der Waals surface area contributed by atoms with Crippen LogP contribution < -0.4 is 11.1 Å². The van der Waals surface area contributed by atoms with Crippen LogP contribution in [0.25, 0.3) is 16.7 Å². The van der Waals surface area contributed by atoms with Crippen LogP contribution in [0.2, 0.25) is 0 Å². The van der Waals surface area contributed by atoms with Crippen molar-refractivity contribution in [3.8, 4) is 5.69 Å². The van der Waals surface area contributed by atoms with Gasteiger partial charge in [-0.2, -0.15) is 5.10 Å². The van der Waals surface area contributed by atoms with Crippen LogP contribution in [0.4, 0.5) is 5.69 Å². The summed E-state index contributed by atoms with van der Waals surface area (Å²) in [5.74, 6) is 0.117. The number of nitrogens with two attached hydrogens (primary N) is 1. The van der Waals surface area contributed by atoms with E-state index >= 15 is 0 Å². The minimum Gasteiger partial charge on any atom is -0.364 e. The second kappa shape index (κ2) is 7.36. The van der Waals surface area contributed by atoms with E-state index in [9.17, 15) is 9.59 Å². The highest BCUT2D eigenvalue weighted by atomic mass is 16.2. The first-order chi connectivity index (χ1) is 13.6. The molecule has 0 saturated heterocycles. The van der Waals surface area contributed by atoms with E-state index in [0.29, 0.717) is 18.5 Å². The first-order valence-corrected chi connectivity index (χ1v) is 8.78. The van der Waals surface area contributed by atoms with E-state index in [4.69, 9.17) is 5.73 Å². The van der Waals surface area contributed by atoms with E-state index in [1.54, 1.807) is 41.2 Å². The third kappa shape index (κ3) is 3.75. The van der Waals surface area contributed by atoms with Gasteiger partial charge in [0.2, 0.25) is 5.91 Å². The molecule has 140 valence electrons. The van der Waals surface area contributed by atoms with Crippen molar-refractivity contribution in [2.75, 3.05) is 5.32 Å². The number of para-hydroxylation sites is 2. The molecule has 0 radical (unpaired) electrons. The predicted octanol–water partition coefficient (Wildman–Crippen LogP) is 2.42. The number of anilines is 1. The maximum absolute atomic E-state index is 12.2. The first-order valence-electron chi connectivity index (χ1n) is 8.78. The molecule has 0 fully saturated rings. The molecule has 8 heteroatoms. The molecule has 4 N–H and O–H groups in total. The quantitative estimate of drug-likeness (QED) is 0.480. The van der Waals surface area contributed by atoms with Gasteiger partial charge in [0, 0.05) is 24.7 Å². The van der Waals surface area contributed by atoms with Crippen molar-refractivity contribution in [3.05, 3.63) is 72.3 Å². The summed E-state index contributed by atoms with van der Waals surface area (Å²) in [6, 6.07) is 16.5.